The van der Waals surface area contributed by atoms with E-state index in [2.05, 4.69) is 4.98 Å². The zero-order chi connectivity index (χ0) is 14.5. The monoisotopic (exact) mass is 273 g/mol. The van der Waals surface area contributed by atoms with Crippen LogP contribution in [0.15, 0.2) is 30.5 Å². The zero-order valence-electron chi connectivity index (χ0n) is 11.4. The van der Waals surface area contributed by atoms with Crippen LogP contribution < -0.4 is 0 Å². The molecule has 0 fully saturated rings. The van der Waals surface area contributed by atoms with Crippen LogP contribution in [0.4, 0.5) is 0 Å². The number of rotatable bonds is 4. The maximum absolute atomic E-state index is 11.6. The van der Waals surface area contributed by atoms with E-state index >= 15 is 0 Å². The van der Waals surface area contributed by atoms with Crippen LogP contribution in [0.3, 0.4) is 0 Å². The molecule has 0 amide bonds. The number of fused-ring (bicyclic) bond motifs is 1. The smallest absolute Gasteiger partial charge is 0.339 e. The molecule has 1 aromatic heterocycles. The fourth-order valence-electron chi connectivity index (χ4n) is 1.79. The van der Waals surface area contributed by atoms with Gasteiger partial charge in [-0.15, -0.1) is 0 Å². The quantitative estimate of drug-likeness (QED) is 0.801. The number of nitrogens with zero attached hydrogens (tertiary/aromatic N) is 1. The van der Waals surface area contributed by atoms with Gasteiger partial charge in [0.25, 0.3) is 0 Å². The van der Waals surface area contributed by atoms with E-state index in [1.165, 1.54) is 6.20 Å². The molecule has 2 rings (SSSR count). The first-order chi connectivity index (χ1) is 9.65. The van der Waals surface area contributed by atoms with Gasteiger partial charge in [-0.05, 0) is 32.0 Å². The Morgan fingerprint density at radius 2 is 1.65 bits per heavy atom. The number of carbonyl (C=O) groups excluding carboxylic acids is 2. The van der Waals surface area contributed by atoms with Crippen molar-refractivity contribution in [1.29, 1.82) is 0 Å². The molecule has 0 radical (unpaired) electrons. The van der Waals surface area contributed by atoms with Crippen LogP contribution in [-0.2, 0) is 9.47 Å². The van der Waals surface area contributed by atoms with E-state index in [1.54, 1.807) is 38.1 Å². The second-order valence-corrected chi connectivity index (χ2v) is 4.07. The number of hydrogen-bond donors (Lipinski definition) is 0. The van der Waals surface area contributed by atoms with Crippen molar-refractivity contribution in [1.82, 2.24) is 4.98 Å². The molecule has 0 aliphatic rings. The summed E-state index contributed by atoms with van der Waals surface area (Å²) in [5.74, 6) is -0.790. The van der Waals surface area contributed by atoms with E-state index in [0.717, 1.165) is 5.39 Å². The molecule has 0 saturated carbocycles. The van der Waals surface area contributed by atoms with Gasteiger partial charge in [0.15, 0.2) is 0 Å². The molecule has 0 aliphatic heterocycles. The van der Waals surface area contributed by atoms with Crippen molar-refractivity contribution in [3.8, 4) is 0 Å². The van der Waals surface area contributed by atoms with Crippen molar-refractivity contribution in [2.24, 2.45) is 0 Å². The van der Waals surface area contributed by atoms with Crippen molar-refractivity contribution < 1.29 is 19.1 Å². The third kappa shape index (κ3) is 2.93. The number of pyridine rings is 1. The summed E-state index contributed by atoms with van der Waals surface area (Å²) in [5, 5.41) is 0.767. The van der Waals surface area contributed by atoms with Gasteiger partial charge in [0.1, 0.15) is 0 Å². The van der Waals surface area contributed by atoms with E-state index in [1.807, 2.05) is 0 Å². The summed E-state index contributed by atoms with van der Waals surface area (Å²) in [7, 11) is 0. The van der Waals surface area contributed by atoms with E-state index < -0.39 is 5.97 Å². The minimum absolute atomic E-state index is 0.318. The number of esters is 2. The number of ether oxygens (including phenoxy) is 2. The minimum Gasteiger partial charge on any atom is -0.462 e. The van der Waals surface area contributed by atoms with Gasteiger partial charge in [0.2, 0.25) is 0 Å². The second kappa shape index (κ2) is 6.14. The van der Waals surface area contributed by atoms with Crippen LogP contribution in [0, 0.1) is 0 Å². The van der Waals surface area contributed by atoms with Crippen LogP contribution in [0.5, 0.6) is 0 Å². The maximum Gasteiger partial charge on any atom is 0.339 e. The van der Waals surface area contributed by atoms with Gasteiger partial charge in [0.05, 0.1) is 29.9 Å². The molecule has 0 N–H and O–H groups in total. The van der Waals surface area contributed by atoms with Crippen molar-refractivity contribution in [3.05, 3.63) is 41.6 Å². The normalized spacial score (nSPS) is 10.3. The van der Waals surface area contributed by atoms with Gasteiger partial charge < -0.3 is 9.47 Å². The second-order valence-electron chi connectivity index (χ2n) is 4.07. The third-order valence-electron chi connectivity index (χ3n) is 2.71. The highest BCUT2D eigenvalue weighted by molar-refractivity contribution is 5.97. The molecule has 0 atom stereocenters. The molecule has 0 spiro atoms. The highest BCUT2D eigenvalue weighted by Gasteiger charge is 2.11. The molecule has 5 heteroatoms. The van der Waals surface area contributed by atoms with E-state index in [4.69, 9.17) is 9.47 Å². The molecular weight excluding hydrogens is 258 g/mol. The summed E-state index contributed by atoms with van der Waals surface area (Å²) in [6, 6.07) is 6.71. The Morgan fingerprint density at radius 1 is 1.00 bits per heavy atom. The molecule has 104 valence electrons. The van der Waals surface area contributed by atoms with Gasteiger partial charge in [-0.25, -0.2) is 9.59 Å². The summed E-state index contributed by atoms with van der Waals surface area (Å²) in [6.45, 7) is 4.14. The Balaban J connectivity index is 2.34. The van der Waals surface area contributed by atoms with Gasteiger partial charge in [0, 0.05) is 11.6 Å². The Morgan fingerprint density at radius 3 is 2.30 bits per heavy atom. The number of aromatic nitrogens is 1. The van der Waals surface area contributed by atoms with E-state index in [-0.39, 0.29) is 5.97 Å². The Kier molecular flexibility index (Phi) is 4.30. The maximum atomic E-state index is 11.6. The molecule has 0 unspecified atom stereocenters. The molecule has 5 nitrogen and oxygen atoms in total. The molecule has 2 aromatic rings. The number of carbonyl (C=O) groups is 2. The lowest BCUT2D eigenvalue weighted by atomic mass is 10.1. The number of hydrogen-bond acceptors (Lipinski definition) is 5. The van der Waals surface area contributed by atoms with Gasteiger partial charge in [-0.3, -0.25) is 4.98 Å². The highest BCUT2D eigenvalue weighted by atomic mass is 16.5. The number of benzene rings is 1. The van der Waals surface area contributed by atoms with Crippen molar-refractivity contribution in [2.75, 3.05) is 13.2 Å². The Bertz CT molecular complexity index is 594. The summed E-state index contributed by atoms with van der Waals surface area (Å²) < 4.78 is 9.85. The van der Waals surface area contributed by atoms with Crippen molar-refractivity contribution in [3.63, 3.8) is 0 Å². The molecule has 1 aromatic carbocycles. The predicted octanol–water partition coefficient (Wildman–Crippen LogP) is 2.59. The SMILES string of the molecule is CCOC(=O)c1cnc2cc(C(=O)OCC)ccc2c1. The van der Waals surface area contributed by atoms with Crippen LogP contribution in [0.25, 0.3) is 10.9 Å². The lowest BCUT2D eigenvalue weighted by Gasteiger charge is -2.05. The lowest BCUT2D eigenvalue weighted by Crippen LogP contribution is -2.06. The molecular formula is C15H15NO4. The average molecular weight is 273 g/mol. The fourth-order valence-corrected chi connectivity index (χ4v) is 1.79. The molecule has 20 heavy (non-hydrogen) atoms. The van der Waals surface area contributed by atoms with Crippen molar-refractivity contribution in [2.45, 2.75) is 13.8 Å². The first kappa shape index (κ1) is 14.0. The molecule has 1 heterocycles. The van der Waals surface area contributed by atoms with Crippen LogP contribution in [0.2, 0.25) is 0 Å². The predicted molar refractivity (Wildman–Crippen MR) is 73.7 cm³/mol. The van der Waals surface area contributed by atoms with Crippen LogP contribution in [-0.4, -0.2) is 30.1 Å². The average Bonchev–Trinajstić information content (AvgIpc) is 2.46. The summed E-state index contributed by atoms with van der Waals surface area (Å²) >= 11 is 0. The molecule has 0 aliphatic carbocycles. The van der Waals surface area contributed by atoms with E-state index in [0.29, 0.717) is 29.9 Å². The van der Waals surface area contributed by atoms with Gasteiger partial charge in [-0.2, -0.15) is 0 Å². The molecule has 0 bridgehead atoms. The van der Waals surface area contributed by atoms with E-state index in [9.17, 15) is 9.59 Å². The Labute approximate surface area is 116 Å². The first-order valence-corrected chi connectivity index (χ1v) is 6.39. The zero-order valence-corrected chi connectivity index (χ0v) is 11.4. The topological polar surface area (TPSA) is 65.5 Å². The standard InChI is InChI=1S/C15H15NO4/c1-3-19-14(17)11-6-5-10-7-12(15(18)20-4-2)9-16-13(10)8-11/h5-9H,3-4H2,1-2H3. The third-order valence-corrected chi connectivity index (χ3v) is 2.71. The van der Waals surface area contributed by atoms with Crippen molar-refractivity contribution >= 4 is 22.8 Å². The summed E-state index contributed by atoms with van der Waals surface area (Å²) in [4.78, 5) is 27.4. The van der Waals surface area contributed by atoms with Gasteiger partial charge >= 0.3 is 11.9 Å². The summed E-state index contributed by atoms with van der Waals surface area (Å²) in [5.41, 5.74) is 1.46. The lowest BCUT2D eigenvalue weighted by molar-refractivity contribution is 0.0516. The minimum atomic E-state index is -0.406. The Hall–Kier alpha value is -2.43. The first-order valence-electron chi connectivity index (χ1n) is 6.39. The highest BCUT2D eigenvalue weighted by Crippen LogP contribution is 2.16. The largest absolute Gasteiger partial charge is 0.462 e. The molecule has 0 saturated heterocycles. The summed E-state index contributed by atoms with van der Waals surface area (Å²) in [6.07, 6.45) is 1.44. The van der Waals surface area contributed by atoms with Gasteiger partial charge in [-0.1, -0.05) is 6.07 Å². The van der Waals surface area contributed by atoms with Crippen LogP contribution >= 0.6 is 0 Å². The van der Waals surface area contributed by atoms with Crippen LogP contribution in [0.1, 0.15) is 34.6 Å². The fraction of sp³-hybridized carbons (Fsp3) is 0.267.